The van der Waals surface area contributed by atoms with Crippen LogP contribution in [0.5, 0.6) is 11.5 Å². The van der Waals surface area contributed by atoms with E-state index in [1.54, 1.807) is 20.8 Å². The van der Waals surface area contributed by atoms with Crippen LogP contribution in [0.4, 0.5) is 0 Å². The van der Waals surface area contributed by atoms with E-state index in [2.05, 4.69) is 0 Å². The zero-order valence-corrected chi connectivity index (χ0v) is 21.5. The first-order valence-electron chi connectivity index (χ1n) is 11.6. The number of aromatic hydroxyl groups is 1. The lowest BCUT2D eigenvalue weighted by atomic mass is 9.89. The average molecular weight is 540 g/mol. The third-order valence-electron chi connectivity index (χ3n) is 6.41. The molecular formula is C24H29O12P. The van der Waals surface area contributed by atoms with Crippen LogP contribution in [0.15, 0.2) is 21.3 Å². The number of carbonyl (C=O) groups is 2. The van der Waals surface area contributed by atoms with Crippen molar-refractivity contribution in [2.45, 2.75) is 76.0 Å². The lowest BCUT2D eigenvalue weighted by molar-refractivity contribution is -0.321. The fraction of sp³-hybridized carbons (Fsp3) is 0.542. The summed E-state index contributed by atoms with van der Waals surface area (Å²) < 4.78 is 28.2. The highest BCUT2D eigenvalue weighted by molar-refractivity contribution is 7.40. The highest BCUT2D eigenvalue weighted by atomic mass is 31.0. The minimum atomic E-state index is -1.70. The van der Waals surface area contributed by atoms with Gasteiger partial charge < -0.3 is 43.8 Å². The molecule has 202 valence electrons. The number of esters is 1. The maximum absolute atomic E-state index is 12.5. The second-order valence-corrected chi connectivity index (χ2v) is 10.3. The summed E-state index contributed by atoms with van der Waals surface area (Å²) in [4.78, 5) is 35.3. The largest absolute Gasteiger partial charge is 0.507 e. The Morgan fingerprint density at radius 3 is 2.54 bits per heavy atom. The quantitative estimate of drug-likeness (QED) is 0.220. The number of benzene rings is 1. The van der Waals surface area contributed by atoms with Crippen LogP contribution in [-0.2, 0) is 30.2 Å². The van der Waals surface area contributed by atoms with Crippen molar-refractivity contribution in [2.75, 3.05) is 6.61 Å². The van der Waals surface area contributed by atoms with Gasteiger partial charge in [-0.15, -0.1) is 0 Å². The predicted octanol–water partition coefficient (Wildman–Crippen LogP) is 0.0483. The molecule has 2 aromatic rings. The number of phenolic OH excluding ortho intramolecular Hbond substituents is 1. The van der Waals surface area contributed by atoms with Gasteiger partial charge in [0.2, 0.25) is 0 Å². The first kappa shape index (κ1) is 27.4. The smallest absolute Gasteiger partial charge is 0.313 e. The van der Waals surface area contributed by atoms with Crippen LogP contribution in [0.1, 0.15) is 31.6 Å². The van der Waals surface area contributed by atoms with E-state index in [0.717, 1.165) is 0 Å². The molecule has 1 aromatic carbocycles. The van der Waals surface area contributed by atoms with Gasteiger partial charge in [0.25, 0.3) is 0 Å². The molecule has 0 saturated carbocycles. The average Bonchev–Trinajstić information content (AvgIpc) is 2.78. The summed E-state index contributed by atoms with van der Waals surface area (Å²) in [6.07, 6.45) is -9.04. The van der Waals surface area contributed by atoms with Gasteiger partial charge in [-0.3, -0.25) is 14.4 Å². The standard InChI is InChI=1S/C24H29O12P/c1-9-4-11(25)18-13(33-9)6-12-10(19(18)28)5-15(24(2,3)36-12)35-23-22(31)21(30)20(29)14(34-23)8-32-16(26)7-17(27)37/h4,6,14-15,20-23,28-31H,5,7-8,37H2,1-3H3/t14-,15+,20-,21+,22-,23+/m1/s1. The summed E-state index contributed by atoms with van der Waals surface area (Å²) >= 11 is 0. The fourth-order valence-corrected chi connectivity index (χ4v) is 4.59. The SMILES string of the molecule is Cc1cc(=O)c2c(O)c3c(cc2o1)OC(C)(C)[C@@H](O[C@@H]1O[C@H](COC(=O)CC(=O)P)[C@@H](O)[C@H](O)[C@H]1O)C3. The number of aryl methyl sites for hydroxylation is 1. The number of aliphatic hydroxyl groups excluding tert-OH is 3. The van der Waals surface area contributed by atoms with Gasteiger partial charge >= 0.3 is 5.97 Å². The van der Waals surface area contributed by atoms with E-state index in [0.29, 0.717) is 5.76 Å². The van der Waals surface area contributed by atoms with Crippen molar-refractivity contribution < 1.29 is 53.4 Å². The van der Waals surface area contributed by atoms with Crippen molar-refractivity contribution in [3.05, 3.63) is 33.7 Å². The van der Waals surface area contributed by atoms with Crippen LogP contribution in [0.2, 0.25) is 0 Å². The Morgan fingerprint density at radius 2 is 1.86 bits per heavy atom. The Balaban J connectivity index is 1.56. The topological polar surface area (TPSA) is 182 Å². The van der Waals surface area contributed by atoms with Crippen molar-refractivity contribution in [1.29, 1.82) is 0 Å². The zero-order chi connectivity index (χ0) is 27.2. The predicted molar refractivity (Wildman–Crippen MR) is 129 cm³/mol. The van der Waals surface area contributed by atoms with Gasteiger partial charge in [-0.05, 0) is 20.8 Å². The van der Waals surface area contributed by atoms with Crippen LogP contribution in [0.3, 0.4) is 0 Å². The fourth-order valence-electron chi connectivity index (χ4n) is 4.42. The van der Waals surface area contributed by atoms with Gasteiger partial charge in [-0.25, -0.2) is 0 Å². The summed E-state index contributed by atoms with van der Waals surface area (Å²) in [7, 11) is 1.84. The molecule has 0 bridgehead atoms. The van der Waals surface area contributed by atoms with Gasteiger partial charge in [0.1, 0.15) is 77.4 Å². The third-order valence-corrected chi connectivity index (χ3v) is 6.62. The van der Waals surface area contributed by atoms with Gasteiger partial charge in [0.05, 0.1) is 0 Å². The molecule has 1 aromatic heterocycles. The van der Waals surface area contributed by atoms with Crippen molar-refractivity contribution in [3.8, 4) is 11.5 Å². The number of rotatable bonds is 6. The highest BCUT2D eigenvalue weighted by Crippen LogP contribution is 2.43. The summed E-state index contributed by atoms with van der Waals surface area (Å²) in [5.74, 6) is -0.510. The van der Waals surface area contributed by atoms with E-state index in [9.17, 15) is 34.8 Å². The highest BCUT2D eigenvalue weighted by Gasteiger charge is 2.48. The van der Waals surface area contributed by atoms with Crippen LogP contribution in [-0.4, -0.2) is 80.9 Å². The molecule has 2 aliphatic heterocycles. The van der Waals surface area contributed by atoms with E-state index < -0.39 is 72.4 Å². The van der Waals surface area contributed by atoms with Crippen molar-refractivity contribution in [3.63, 3.8) is 0 Å². The van der Waals surface area contributed by atoms with Crippen molar-refractivity contribution >= 4 is 31.7 Å². The molecule has 1 fully saturated rings. The van der Waals surface area contributed by atoms with Crippen molar-refractivity contribution in [1.82, 2.24) is 0 Å². The minimum absolute atomic E-state index is 0.00950. The monoisotopic (exact) mass is 540 g/mol. The molecule has 1 unspecified atom stereocenters. The number of ether oxygens (including phenoxy) is 4. The molecule has 4 rings (SSSR count). The van der Waals surface area contributed by atoms with Gasteiger partial charge in [0, 0.05) is 24.1 Å². The lowest BCUT2D eigenvalue weighted by Gasteiger charge is -2.45. The number of phenols is 1. The maximum atomic E-state index is 12.5. The Morgan fingerprint density at radius 1 is 1.16 bits per heavy atom. The number of fused-ring (bicyclic) bond motifs is 2. The van der Waals surface area contributed by atoms with Crippen molar-refractivity contribution in [2.24, 2.45) is 0 Å². The Bertz CT molecular complexity index is 1270. The van der Waals surface area contributed by atoms with E-state index in [1.165, 1.54) is 12.1 Å². The summed E-state index contributed by atoms with van der Waals surface area (Å²) in [5, 5.41) is 42.0. The van der Waals surface area contributed by atoms with Crippen LogP contribution < -0.4 is 10.2 Å². The molecule has 2 aliphatic rings. The second-order valence-electron chi connectivity index (χ2n) is 9.67. The summed E-state index contributed by atoms with van der Waals surface area (Å²) in [5.41, 5.74) is -1.50. The molecule has 0 radical (unpaired) electrons. The molecule has 12 nitrogen and oxygen atoms in total. The van der Waals surface area contributed by atoms with Crippen LogP contribution in [0, 0.1) is 6.92 Å². The van der Waals surface area contributed by atoms with Gasteiger partial charge in [-0.1, -0.05) is 9.24 Å². The van der Waals surface area contributed by atoms with E-state index >= 15 is 0 Å². The molecule has 4 N–H and O–H groups in total. The third kappa shape index (κ3) is 5.50. The number of carbonyl (C=O) groups excluding carboxylic acids is 2. The molecule has 0 aliphatic carbocycles. The van der Waals surface area contributed by atoms with Crippen LogP contribution in [0.25, 0.3) is 11.0 Å². The van der Waals surface area contributed by atoms with Gasteiger partial charge in [0.15, 0.2) is 17.2 Å². The Labute approximate surface area is 213 Å². The summed E-state index contributed by atoms with van der Waals surface area (Å²) in [6, 6.07) is 2.78. The Hall–Kier alpha value is -2.60. The van der Waals surface area contributed by atoms with E-state index in [4.69, 9.17) is 23.4 Å². The molecule has 37 heavy (non-hydrogen) atoms. The molecule has 0 amide bonds. The lowest BCUT2D eigenvalue weighted by Crippen LogP contribution is -2.61. The molecular weight excluding hydrogens is 511 g/mol. The first-order chi connectivity index (χ1) is 17.3. The molecule has 0 spiro atoms. The molecule has 7 atom stereocenters. The molecule has 3 heterocycles. The van der Waals surface area contributed by atoms with E-state index in [-0.39, 0.29) is 34.5 Å². The zero-order valence-electron chi connectivity index (χ0n) is 20.4. The normalized spacial score (nSPS) is 28.8. The number of aliphatic hydroxyl groups is 3. The summed E-state index contributed by atoms with van der Waals surface area (Å²) in [6.45, 7) is 4.52. The van der Waals surface area contributed by atoms with E-state index in [1.807, 2.05) is 9.24 Å². The number of hydrogen-bond donors (Lipinski definition) is 4. The first-order valence-corrected chi connectivity index (χ1v) is 12.1. The molecule has 1 saturated heterocycles. The maximum Gasteiger partial charge on any atom is 0.313 e. The van der Waals surface area contributed by atoms with Gasteiger partial charge in [-0.2, -0.15) is 0 Å². The minimum Gasteiger partial charge on any atom is -0.507 e. The molecule has 13 heteroatoms. The Kier molecular flexibility index (Phi) is 7.62. The van der Waals surface area contributed by atoms with Crippen LogP contribution >= 0.6 is 9.24 Å². The second kappa shape index (κ2) is 10.3. The number of hydrogen-bond acceptors (Lipinski definition) is 12.